The topological polar surface area (TPSA) is 83.8 Å². The van der Waals surface area contributed by atoms with Crippen molar-refractivity contribution in [3.8, 4) is 0 Å². The molecule has 102 valence electrons. The van der Waals surface area contributed by atoms with Crippen LogP contribution in [0.15, 0.2) is 33.2 Å². The van der Waals surface area contributed by atoms with Crippen LogP contribution in [0.4, 0.5) is 0 Å². The van der Waals surface area contributed by atoms with E-state index in [0.717, 1.165) is 4.90 Å². The van der Waals surface area contributed by atoms with Gasteiger partial charge in [-0.05, 0) is 37.2 Å². The number of hydrogen-bond donors (Lipinski definition) is 2. The van der Waals surface area contributed by atoms with Crippen LogP contribution in [0.25, 0.3) is 0 Å². The standard InChI is InChI=1S/C12H16N4O2S/c1-3-10(17)9-6-5-8(7-13-9)19-12-15-14-11(18)16(12)4-2/h5-7,10,17H,3-4H2,1-2H3,(H,14,18)/t10-/m1/s1. The third-order valence-corrected chi connectivity index (χ3v) is 3.71. The maximum Gasteiger partial charge on any atom is 0.343 e. The zero-order valence-corrected chi connectivity index (χ0v) is 11.6. The number of nitrogens with zero attached hydrogens (tertiary/aromatic N) is 3. The number of aromatic nitrogens is 4. The maximum absolute atomic E-state index is 11.4. The fourth-order valence-corrected chi connectivity index (χ4v) is 2.49. The average Bonchev–Trinajstić information content (AvgIpc) is 2.79. The van der Waals surface area contributed by atoms with E-state index in [4.69, 9.17) is 0 Å². The fraction of sp³-hybridized carbons (Fsp3) is 0.417. The number of nitrogens with one attached hydrogen (secondary N) is 1. The molecule has 0 unspecified atom stereocenters. The smallest absolute Gasteiger partial charge is 0.343 e. The number of aliphatic hydroxyl groups is 1. The number of aromatic amines is 1. The Morgan fingerprint density at radius 2 is 2.26 bits per heavy atom. The summed E-state index contributed by atoms with van der Waals surface area (Å²) in [7, 11) is 0. The van der Waals surface area contributed by atoms with Crippen molar-refractivity contribution in [2.45, 2.75) is 43.0 Å². The van der Waals surface area contributed by atoms with E-state index >= 15 is 0 Å². The van der Waals surface area contributed by atoms with Crippen molar-refractivity contribution in [2.75, 3.05) is 0 Å². The van der Waals surface area contributed by atoms with Gasteiger partial charge in [0.2, 0.25) is 0 Å². The number of hydrogen-bond acceptors (Lipinski definition) is 5. The van der Waals surface area contributed by atoms with Crippen molar-refractivity contribution in [3.05, 3.63) is 34.5 Å². The molecule has 2 aromatic heterocycles. The summed E-state index contributed by atoms with van der Waals surface area (Å²) in [6, 6.07) is 3.66. The maximum atomic E-state index is 11.4. The van der Waals surface area contributed by atoms with Gasteiger partial charge < -0.3 is 5.11 Å². The quantitative estimate of drug-likeness (QED) is 0.868. The molecule has 0 spiro atoms. The van der Waals surface area contributed by atoms with Crippen LogP contribution in [0.3, 0.4) is 0 Å². The SMILES string of the molecule is CC[C@@H](O)c1ccc(Sc2n[nH]c(=O)n2CC)cn1. The van der Waals surface area contributed by atoms with Gasteiger partial charge in [0.25, 0.3) is 0 Å². The molecule has 0 aliphatic carbocycles. The predicted octanol–water partition coefficient (Wildman–Crippen LogP) is 1.58. The second-order valence-corrected chi connectivity index (χ2v) is 5.04. The zero-order valence-electron chi connectivity index (χ0n) is 10.8. The Morgan fingerprint density at radius 1 is 1.47 bits per heavy atom. The molecule has 0 saturated carbocycles. The molecule has 6 nitrogen and oxygen atoms in total. The van der Waals surface area contributed by atoms with Crippen molar-refractivity contribution in [3.63, 3.8) is 0 Å². The molecule has 0 saturated heterocycles. The van der Waals surface area contributed by atoms with E-state index in [1.807, 2.05) is 19.9 Å². The van der Waals surface area contributed by atoms with Gasteiger partial charge in [0.05, 0.1) is 11.8 Å². The van der Waals surface area contributed by atoms with Crippen molar-refractivity contribution in [1.82, 2.24) is 19.7 Å². The lowest BCUT2D eigenvalue weighted by Gasteiger charge is -2.07. The van der Waals surface area contributed by atoms with Gasteiger partial charge in [-0.3, -0.25) is 9.55 Å². The number of rotatable bonds is 5. The number of pyridine rings is 1. The minimum Gasteiger partial charge on any atom is -0.387 e. The Balaban J connectivity index is 2.17. The van der Waals surface area contributed by atoms with Gasteiger partial charge in [0.15, 0.2) is 5.16 Å². The highest BCUT2D eigenvalue weighted by Gasteiger charge is 2.10. The van der Waals surface area contributed by atoms with Gasteiger partial charge in [0.1, 0.15) is 0 Å². The highest BCUT2D eigenvalue weighted by molar-refractivity contribution is 7.99. The molecule has 1 atom stereocenters. The average molecular weight is 280 g/mol. The van der Waals surface area contributed by atoms with E-state index in [9.17, 15) is 9.90 Å². The fourth-order valence-electron chi connectivity index (χ4n) is 1.62. The van der Waals surface area contributed by atoms with E-state index in [1.54, 1.807) is 16.8 Å². The Morgan fingerprint density at radius 3 is 2.84 bits per heavy atom. The normalized spacial score (nSPS) is 12.6. The van der Waals surface area contributed by atoms with Crippen LogP contribution in [0.1, 0.15) is 32.1 Å². The van der Waals surface area contributed by atoms with Crippen molar-refractivity contribution < 1.29 is 5.11 Å². The lowest BCUT2D eigenvalue weighted by molar-refractivity contribution is 0.169. The lowest BCUT2D eigenvalue weighted by Crippen LogP contribution is -2.15. The minimum atomic E-state index is -0.529. The van der Waals surface area contributed by atoms with Gasteiger partial charge in [0, 0.05) is 17.6 Å². The zero-order chi connectivity index (χ0) is 13.8. The summed E-state index contributed by atoms with van der Waals surface area (Å²) >= 11 is 1.36. The van der Waals surface area contributed by atoms with Gasteiger partial charge in [-0.25, -0.2) is 9.89 Å². The summed E-state index contributed by atoms with van der Waals surface area (Å²) < 4.78 is 1.56. The number of H-pyrrole nitrogens is 1. The van der Waals surface area contributed by atoms with E-state index in [-0.39, 0.29) is 5.69 Å². The van der Waals surface area contributed by atoms with Crippen LogP contribution in [-0.4, -0.2) is 24.9 Å². The number of aliphatic hydroxyl groups excluding tert-OH is 1. The second kappa shape index (κ2) is 6.03. The van der Waals surface area contributed by atoms with Crippen LogP contribution in [-0.2, 0) is 6.54 Å². The molecule has 0 amide bonds. The van der Waals surface area contributed by atoms with Gasteiger partial charge in [-0.15, -0.1) is 5.10 Å². The molecule has 0 aliphatic heterocycles. The Labute approximate surface area is 114 Å². The van der Waals surface area contributed by atoms with E-state index in [1.165, 1.54) is 11.8 Å². The molecule has 7 heteroatoms. The lowest BCUT2D eigenvalue weighted by atomic mass is 10.2. The highest BCUT2D eigenvalue weighted by Crippen LogP contribution is 2.25. The summed E-state index contributed by atoms with van der Waals surface area (Å²) in [5, 5.41) is 16.7. The molecule has 0 radical (unpaired) electrons. The van der Waals surface area contributed by atoms with Crippen LogP contribution >= 0.6 is 11.8 Å². The molecule has 0 bridgehead atoms. The first-order chi connectivity index (χ1) is 9.15. The summed E-state index contributed by atoms with van der Waals surface area (Å²) in [4.78, 5) is 16.5. The Bertz CT molecular complexity index is 591. The van der Waals surface area contributed by atoms with Crippen LogP contribution in [0, 0.1) is 0 Å². The first-order valence-electron chi connectivity index (χ1n) is 6.12. The highest BCUT2D eigenvalue weighted by atomic mass is 32.2. The summed E-state index contributed by atoms with van der Waals surface area (Å²) in [5.41, 5.74) is 0.442. The monoisotopic (exact) mass is 280 g/mol. The molecule has 0 fully saturated rings. The predicted molar refractivity (Wildman–Crippen MR) is 72.1 cm³/mol. The molecular weight excluding hydrogens is 264 g/mol. The third-order valence-electron chi connectivity index (χ3n) is 2.74. The Hall–Kier alpha value is -1.60. The van der Waals surface area contributed by atoms with Gasteiger partial charge in [-0.2, -0.15) is 0 Å². The van der Waals surface area contributed by atoms with Crippen molar-refractivity contribution >= 4 is 11.8 Å². The summed E-state index contributed by atoms with van der Waals surface area (Å²) in [6.45, 7) is 4.36. The van der Waals surface area contributed by atoms with Crippen LogP contribution in [0.2, 0.25) is 0 Å². The van der Waals surface area contributed by atoms with Crippen LogP contribution in [0.5, 0.6) is 0 Å². The van der Waals surface area contributed by atoms with Crippen molar-refractivity contribution in [2.24, 2.45) is 0 Å². The molecular formula is C12H16N4O2S. The minimum absolute atomic E-state index is 0.212. The molecule has 2 N–H and O–H groups in total. The van der Waals surface area contributed by atoms with E-state index < -0.39 is 6.10 Å². The first-order valence-corrected chi connectivity index (χ1v) is 6.94. The Kier molecular flexibility index (Phi) is 4.39. The largest absolute Gasteiger partial charge is 0.387 e. The molecule has 2 rings (SSSR count). The van der Waals surface area contributed by atoms with Crippen molar-refractivity contribution in [1.29, 1.82) is 0 Å². The van der Waals surface area contributed by atoms with Gasteiger partial charge in [-0.1, -0.05) is 6.92 Å². The molecule has 2 heterocycles. The molecule has 2 aromatic rings. The van der Waals surface area contributed by atoms with E-state index in [2.05, 4.69) is 15.2 Å². The van der Waals surface area contributed by atoms with Gasteiger partial charge >= 0.3 is 5.69 Å². The first kappa shape index (κ1) is 13.8. The van der Waals surface area contributed by atoms with Crippen LogP contribution < -0.4 is 5.69 Å². The molecule has 0 aromatic carbocycles. The third kappa shape index (κ3) is 3.05. The van der Waals surface area contributed by atoms with E-state index in [0.29, 0.717) is 23.8 Å². The summed E-state index contributed by atoms with van der Waals surface area (Å²) in [6.07, 6.45) is 1.78. The molecule has 19 heavy (non-hydrogen) atoms. The molecule has 0 aliphatic rings. The second-order valence-electron chi connectivity index (χ2n) is 4.00. The summed E-state index contributed by atoms with van der Waals surface area (Å²) in [5.74, 6) is 0.